The molecule has 1 aliphatic rings. The summed E-state index contributed by atoms with van der Waals surface area (Å²) in [6, 6.07) is 1.99. The lowest BCUT2D eigenvalue weighted by molar-refractivity contribution is 0.363. The molecule has 0 radical (unpaired) electrons. The number of halogens is 2. The van der Waals surface area contributed by atoms with Gasteiger partial charge in [-0.25, -0.2) is 17.2 Å². The van der Waals surface area contributed by atoms with Crippen LogP contribution in [0.25, 0.3) is 0 Å². The van der Waals surface area contributed by atoms with Gasteiger partial charge in [0.15, 0.2) is 11.6 Å². The molecule has 1 atom stereocenters. The standard InChI is InChI=1S/C13H18F2N2O2S2/c1-9-8-20-4-3-17(9)21(18,19)12-6-10(7-16-2)5-11(14)13(12)15/h5-6,9,16H,3-4,7-8H2,1-2H3. The fourth-order valence-corrected chi connectivity index (χ4v) is 5.29. The van der Waals surface area contributed by atoms with Crippen molar-refractivity contribution >= 4 is 21.8 Å². The van der Waals surface area contributed by atoms with Crippen molar-refractivity contribution in [2.24, 2.45) is 0 Å². The molecule has 118 valence electrons. The molecule has 1 unspecified atom stereocenters. The molecule has 2 rings (SSSR count). The van der Waals surface area contributed by atoms with E-state index in [1.54, 1.807) is 25.7 Å². The zero-order valence-electron chi connectivity index (χ0n) is 11.9. The van der Waals surface area contributed by atoms with Crippen molar-refractivity contribution in [1.82, 2.24) is 9.62 Å². The van der Waals surface area contributed by atoms with E-state index in [1.165, 1.54) is 10.4 Å². The molecule has 1 saturated heterocycles. The molecule has 0 saturated carbocycles. The fourth-order valence-electron chi connectivity index (χ4n) is 2.31. The summed E-state index contributed by atoms with van der Waals surface area (Å²) in [5.41, 5.74) is 0.397. The van der Waals surface area contributed by atoms with E-state index < -0.39 is 26.6 Å². The second kappa shape index (κ2) is 6.60. The summed E-state index contributed by atoms with van der Waals surface area (Å²) in [4.78, 5) is -0.577. The van der Waals surface area contributed by atoms with Gasteiger partial charge in [0.1, 0.15) is 4.90 Å². The first kappa shape index (κ1) is 16.7. The maximum Gasteiger partial charge on any atom is 0.246 e. The monoisotopic (exact) mass is 336 g/mol. The lowest BCUT2D eigenvalue weighted by atomic mass is 10.2. The Kier molecular flexibility index (Phi) is 5.24. The minimum atomic E-state index is -4.03. The van der Waals surface area contributed by atoms with Crippen molar-refractivity contribution in [3.8, 4) is 0 Å². The van der Waals surface area contributed by atoms with Gasteiger partial charge in [0.2, 0.25) is 10.0 Å². The highest BCUT2D eigenvalue weighted by molar-refractivity contribution is 7.99. The topological polar surface area (TPSA) is 49.4 Å². The SMILES string of the molecule is CNCc1cc(F)c(F)c(S(=O)(=O)N2CCSCC2C)c1. The Morgan fingerprint density at radius 1 is 1.43 bits per heavy atom. The van der Waals surface area contributed by atoms with Gasteiger partial charge in [-0.1, -0.05) is 0 Å². The maximum atomic E-state index is 14.0. The number of rotatable bonds is 4. The van der Waals surface area contributed by atoms with Gasteiger partial charge in [-0.05, 0) is 31.7 Å². The van der Waals surface area contributed by atoms with Crippen molar-refractivity contribution in [3.63, 3.8) is 0 Å². The highest BCUT2D eigenvalue weighted by Crippen LogP contribution is 2.28. The molecule has 21 heavy (non-hydrogen) atoms. The van der Waals surface area contributed by atoms with Crippen LogP contribution in [-0.2, 0) is 16.6 Å². The minimum Gasteiger partial charge on any atom is -0.316 e. The Morgan fingerprint density at radius 3 is 2.76 bits per heavy atom. The number of thioether (sulfide) groups is 1. The Hall–Kier alpha value is -0.700. The summed E-state index contributed by atoms with van der Waals surface area (Å²) in [5.74, 6) is -1.13. The van der Waals surface area contributed by atoms with Crippen LogP contribution in [0.15, 0.2) is 17.0 Å². The molecule has 0 amide bonds. The van der Waals surface area contributed by atoms with E-state index >= 15 is 0 Å². The summed E-state index contributed by atoms with van der Waals surface area (Å²) in [6.07, 6.45) is 0. The van der Waals surface area contributed by atoms with Crippen LogP contribution in [-0.4, -0.2) is 43.9 Å². The number of nitrogens with zero attached hydrogens (tertiary/aromatic N) is 1. The average molecular weight is 336 g/mol. The zero-order chi connectivity index (χ0) is 15.6. The molecule has 4 nitrogen and oxygen atoms in total. The third kappa shape index (κ3) is 3.39. The van der Waals surface area contributed by atoms with E-state index in [1.807, 2.05) is 0 Å². The predicted octanol–water partition coefficient (Wildman–Crippen LogP) is 1.81. The number of benzene rings is 1. The quantitative estimate of drug-likeness (QED) is 0.911. The lowest BCUT2D eigenvalue weighted by Crippen LogP contribution is -2.44. The van der Waals surface area contributed by atoms with Crippen LogP contribution in [0.4, 0.5) is 8.78 Å². The number of hydrogen-bond acceptors (Lipinski definition) is 4. The largest absolute Gasteiger partial charge is 0.316 e. The van der Waals surface area contributed by atoms with Gasteiger partial charge >= 0.3 is 0 Å². The zero-order valence-corrected chi connectivity index (χ0v) is 13.5. The van der Waals surface area contributed by atoms with Gasteiger partial charge in [-0.2, -0.15) is 16.1 Å². The molecular formula is C13H18F2N2O2S2. The number of nitrogens with one attached hydrogen (secondary N) is 1. The van der Waals surface area contributed by atoms with E-state index in [-0.39, 0.29) is 12.6 Å². The summed E-state index contributed by atoms with van der Waals surface area (Å²) >= 11 is 1.65. The highest BCUT2D eigenvalue weighted by Gasteiger charge is 2.34. The second-order valence-corrected chi connectivity index (χ2v) is 7.97. The smallest absolute Gasteiger partial charge is 0.246 e. The minimum absolute atomic E-state index is 0.232. The van der Waals surface area contributed by atoms with Crippen LogP contribution in [0.3, 0.4) is 0 Å². The van der Waals surface area contributed by atoms with Gasteiger partial charge in [0, 0.05) is 30.6 Å². The van der Waals surface area contributed by atoms with E-state index in [9.17, 15) is 17.2 Å². The summed E-state index contributed by atoms with van der Waals surface area (Å²) in [7, 11) is -2.38. The third-order valence-corrected chi connectivity index (χ3v) is 6.53. The predicted molar refractivity (Wildman–Crippen MR) is 79.8 cm³/mol. The Labute approximate surface area is 128 Å². The molecule has 1 fully saturated rings. The van der Waals surface area contributed by atoms with Gasteiger partial charge < -0.3 is 5.32 Å². The highest BCUT2D eigenvalue weighted by atomic mass is 32.2. The first-order valence-corrected chi connectivity index (χ1v) is 9.19. The molecule has 0 bridgehead atoms. The van der Waals surface area contributed by atoms with Crippen LogP contribution in [0.1, 0.15) is 12.5 Å². The number of hydrogen-bond donors (Lipinski definition) is 1. The molecule has 1 aliphatic heterocycles. The van der Waals surface area contributed by atoms with E-state index in [4.69, 9.17) is 0 Å². The van der Waals surface area contributed by atoms with Crippen molar-refractivity contribution in [1.29, 1.82) is 0 Å². The second-order valence-electron chi connectivity index (χ2n) is 4.96. The number of sulfonamides is 1. The van der Waals surface area contributed by atoms with Crippen LogP contribution < -0.4 is 5.32 Å². The van der Waals surface area contributed by atoms with Crippen molar-refractivity contribution in [2.75, 3.05) is 25.1 Å². The molecule has 0 aliphatic carbocycles. The molecule has 1 aromatic rings. The average Bonchev–Trinajstić information content (AvgIpc) is 2.43. The first-order chi connectivity index (χ1) is 9.87. The molecule has 1 aromatic carbocycles. The van der Waals surface area contributed by atoms with Gasteiger partial charge in [-0.3, -0.25) is 0 Å². The van der Waals surface area contributed by atoms with Gasteiger partial charge in [0.25, 0.3) is 0 Å². The van der Waals surface area contributed by atoms with Crippen LogP contribution >= 0.6 is 11.8 Å². The summed E-state index contributed by atoms with van der Waals surface area (Å²) in [5, 5.41) is 2.80. The molecule has 1 N–H and O–H groups in total. The Balaban J connectivity index is 2.48. The third-order valence-electron chi connectivity index (χ3n) is 3.33. The molecule has 0 spiro atoms. The van der Waals surface area contributed by atoms with Crippen LogP contribution in [0, 0.1) is 11.6 Å². The van der Waals surface area contributed by atoms with Crippen LogP contribution in [0.5, 0.6) is 0 Å². The van der Waals surface area contributed by atoms with E-state index in [2.05, 4.69) is 5.32 Å². The van der Waals surface area contributed by atoms with E-state index in [0.29, 0.717) is 23.6 Å². The maximum absolute atomic E-state index is 14.0. The Bertz CT molecular complexity index is 623. The summed E-state index contributed by atoms with van der Waals surface area (Å²) in [6.45, 7) is 2.35. The molecule has 1 heterocycles. The van der Waals surface area contributed by atoms with Crippen LogP contribution in [0.2, 0.25) is 0 Å². The van der Waals surface area contributed by atoms with Gasteiger partial charge in [0.05, 0.1) is 0 Å². The molecule has 0 aromatic heterocycles. The van der Waals surface area contributed by atoms with Crippen molar-refractivity contribution < 1.29 is 17.2 Å². The summed E-state index contributed by atoms with van der Waals surface area (Å²) < 4.78 is 54.1. The van der Waals surface area contributed by atoms with Gasteiger partial charge in [-0.15, -0.1) is 0 Å². The molecule has 8 heteroatoms. The first-order valence-electron chi connectivity index (χ1n) is 6.60. The van der Waals surface area contributed by atoms with Crippen molar-refractivity contribution in [3.05, 3.63) is 29.3 Å². The lowest BCUT2D eigenvalue weighted by Gasteiger charge is -2.32. The Morgan fingerprint density at radius 2 is 2.14 bits per heavy atom. The van der Waals surface area contributed by atoms with Crippen molar-refractivity contribution in [2.45, 2.75) is 24.4 Å². The van der Waals surface area contributed by atoms with E-state index in [0.717, 1.165) is 6.07 Å². The normalized spacial score (nSPS) is 20.7. The molecular weight excluding hydrogens is 318 g/mol. The fraction of sp³-hybridized carbons (Fsp3) is 0.538.